The van der Waals surface area contributed by atoms with Crippen LogP contribution in [0.2, 0.25) is 0 Å². The van der Waals surface area contributed by atoms with Crippen LogP contribution >= 0.6 is 0 Å². The summed E-state index contributed by atoms with van der Waals surface area (Å²) < 4.78 is 0. The minimum atomic E-state index is 0. The predicted octanol–water partition coefficient (Wildman–Crippen LogP) is 5.35. The van der Waals surface area contributed by atoms with Crippen LogP contribution in [0.4, 0.5) is 11.4 Å². The molecule has 0 aliphatic carbocycles. The van der Waals surface area contributed by atoms with Crippen molar-refractivity contribution in [3.63, 3.8) is 0 Å². The molecule has 0 aliphatic rings. The summed E-state index contributed by atoms with van der Waals surface area (Å²) in [6.07, 6.45) is 5.14. The van der Waals surface area contributed by atoms with Crippen molar-refractivity contribution in [3.8, 4) is 0 Å². The van der Waals surface area contributed by atoms with Crippen LogP contribution in [0.1, 0.15) is 26.2 Å². The summed E-state index contributed by atoms with van der Waals surface area (Å²) in [4.78, 5) is 9.18. The molecule has 2 rings (SSSR count). The fourth-order valence-corrected chi connectivity index (χ4v) is 1.84. The zero-order valence-electron chi connectivity index (χ0n) is 12.2. The first kappa shape index (κ1) is 17.3. The second-order valence-corrected chi connectivity index (χ2v) is 4.64. The smallest absolute Gasteiger partial charge is 0.0633 e. The van der Waals surface area contributed by atoms with Gasteiger partial charge in [-0.25, -0.2) is 0 Å². The SMILES string of the molecule is CCCCC(C=Nc1ccccc1)=Nc1ccccc1.[Ni]. The normalized spacial score (nSPS) is 11.4. The number of para-hydroxylation sites is 2. The quantitative estimate of drug-likeness (QED) is 0.506. The van der Waals surface area contributed by atoms with Crippen LogP contribution in [-0.4, -0.2) is 11.9 Å². The summed E-state index contributed by atoms with van der Waals surface area (Å²) >= 11 is 0. The first-order valence-electron chi connectivity index (χ1n) is 7.10. The summed E-state index contributed by atoms with van der Waals surface area (Å²) in [6.45, 7) is 2.19. The van der Waals surface area contributed by atoms with Crippen LogP contribution < -0.4 is 0 Å². The molecule has 0 fully saturated rings. The molecule has 0 N–H and O–H groups in total. The van der Waals surface area contributed by atoms with E-state index >= 15 is 0 Å². The second kappa shape index (κ2) is 10.1. The Labute approximate surface area is 137 Å². The van der Waals surface area contributed by atoms with Gasteiger partial charge < -0.3 is 0 Å². The molecular weight excluding hydrogens is 303 g/mol. The maximum Gasteiger partial charge on any atom is 0.0633 e. The predicted molar refractivity (Wildman–Crippen MR) is 87.7 cm³/mol. The van der Waals surface area contributed by atoms with Crippen molar-refractivity contribution in [2.24, 2.45) is 9.98 Å². The third-order valence-electron chi connectivity index (χ3n) is 2.93. The summed E-state index contributed by atoms with van der Waals surface area (Å²) in [5.74, 6) is 0. The summed E-state index contributed by atoms with van der Waals surface area (Å²) in [6, 6.07) is 20.0. The van der Waals surface area contributed by atoms with E-state index in [9.17, 15) is 0 Å². The van der Waals surface area contributed by atoms with Crippen molar-refractivity contribution in [1.82, 2.24) is 0 Å². The van der Waals surface area contributed by atoms with Gasteiger partial charge in [0.1, 0.15) is 0 Å². The molecule has 3 heteroatoms. The maximum atomic E-state index is 4.68. The van der Waals surface area contributed by atoms with Crippen molar-refractivity contribution in [2.45, 2.75) is 26.2 Å². The molecule has 0 amide bonds. The van der Waals surface area contributed by atoms with E-state index < -0.39 is 0 Å². The first-order valence-corrected chi connectivity index (χ1v) is 7.10. The zero-order valence-corrected chi connectivity index (χ0v) is 13.2. The summed E-state index contributed by atoms with van der Waals surface area (Å²) in [5, 5.41) is 0. The number of hydrogen-bond acceptors (Lipinski definition) is 2. The van der Waals surface area contributed by atoms with E-state index in [-0.39, 0.29) is 16.5 Å². The Hall–Kier alpha value is -1.73. The van der Waals surface area contributed by atoms with Crippen LogP contribution in [0, 0.1) is 0 Å². The average molecular weight is 323 g/mol. The maximum absolute atomic E-state index is 4.68. The molecule has 0 aliphatic heterocycles. The first-order chi connectivity index (χ1) is 9.88. The van der Waals surface area contributed by atoms with Gasteiger partial charge in [-0.3, -0.25) is 9.98 Å². The molecule has 0 radical (unpaired) electrons. The van der Waals surface area contributed by atoms with Gasteiger partial charge in [-0.05, 0) is 37.1 Å². The van der Waals surface area contributed by atoms with Gasteiger partial charge >= 0.3 is 0 Å². The molecule has 21 heavy (non-hydrogen) atoms. The van der Waals surface area contributed by atoms with Gasteiger partial charge in [-0.2, -0.15) is 0 Å². The average Bonchev–Trinajstić information content (AvgIpc) is 2.52. The third kappa shape index (κ3) is 6.51. The molecular formula is C18H20N2Ni. The van der Waals surface area contributed by atoms with E-state index in [0.717, 1.165) is 36.3 Å². The third-order valence-corrected chi connectivity index (χ3v) is 2.93. The minimum Gasteiger partial charge on any atom is -0.255 e. The van der Waals surface area contributed by atoms with Crippen LogP contribution in [-0.2, 0) is 16.5 Å². The van der Waals surface area contributed by atoms with Crippen molar-refractivity contribution < 1.29 is 16.5 Å². The Kier molecular flexibility index (Phi) is 8.30. The second-order valence-electron chi connectivity index (χ2n) is 4.64. The largest absolute Gasteiger partial charge is 0.255 e. The standard InChI is InChI=1S/C18H20N2.Ni/c1-2-3-10-18(20-17-13-8-5-9-14-17)15-19-16-11-6-4-7-12-16;/h4-9,11-15H,2-3,10H2,1H3;. The number of nitrogens with zero attached hydrogens (tertiary/aromatic N) is 2. The van der Waals surface area contributed by atoms with E-state index in [1.807, 2.05) is 66.9 Å². The molecule has 2 aromatic rings. The molecule has 0 bridgehead atoms. The molecule has 0 saturated heterocycles. The molecule has 0 saturated carbocycles. The van der Waals surface area contributed by atoms with E-state index in [4.69, 9.17) is 0 Å². The number of rotatable bonds is 6. The van der Waals surface area contributed by atoms with E-state index in [2.05, 4.69) is 16.9 Å². The molecule has 0 heterocycles. The van der Waals surface area contributed by atoms with Crippen LogP contribution in [0.25, 0.3) is 0 Å². The molecule has 0 unspecified atom stereocenters. The van der Waals surface area contributed by atoms with Crippen LogP contribution in [0.15, 0.2) is 70.6 Å². The number of aliphatic imine (C=N–C) groups is 2. The van der Waals surface area contributed by atoms with Crippen LogP contribution in [0.3, 0.4) is 0 Å². The van der Waals surface area contributed by atoms with E-state index in [1.54, 1.807) is 0 Å². The van der Waals surface area contributed by atoms with Gasteiger partial charge in [0.15, 0.2) is 0 Å². The molecule has 0 atom stereocenters. The van der Waals surface area contributed by atoms with Crippen molar-refractivity contribution in [1.29, 1.82) is 0 Å². The van der Waals surface area contributed by atoms with Crippen LogP contribution in [0.5, 0.6) is 0 Å². The Morgan fingerprint density at radius 2 is 1.48 bits per heavy atom. The monoisotopic (exact) mass is 322 g/mol. The zero-order chi connectivity index (χ0) is 14.0. The Morgan fingerprint density at radius 1 is 0.905 bits per heavy atom. The fraction of sp³-hybridized carbons (Fsp3) is 0.222. The number of benzene rings is 2. The molecule has 2 aromatic carbocycles. The topological polar surface area (TPSA) is 24.7 Å². The number of unbranched alkanes of at least 4 members (excludes halogenated alkanes) is 1. The fourth-order valence-electron chi connectivity index (χ4n) is 1.84. The van der Waals surface area contributed by atoms with Gasteiger partial charge in [0, 0.05) is 22.7 Å². The minimum absolute atomic E-state index is 0. The van der Waals surface area contributed by atoms with E-state index in [0.29, 0.717) is 0 Å². The van der Waals surface area contributed by atoms with Gasteiger partial charge in [0.25, 0.3) is 0 Å². The summed E-state index contributed by atoms with van der Waals surface area (Å²) in [5.41, 5.74) is 2.98. The number of hydrogen-bond donors (Lipinski definition) is 0. The van der Waals surface area contributed by atoms with Crippen molar-refractivity contribution in [2.75, 3.05) is 0 Å². The Balaban J connectivity index is 0.00000220. The molecule has 2 nitrogen and oxygen atoms in total. The Morgan fingerprint density at radius 3 is 2.05 bits per heavy atom. The molecule has 0 spiro atoms. The van der Waals surface area contributed by atoms with Gasteiger partial charge in [-0.15, -0.1) is 0 Å². The van der Waals surface area contributed by atoms with Crippen molar-refractivity contribution in [3.05, 3.63) is 60.7 Å². The molecule has 112 valence electrons. The van der Waals surface area contributed by atoms with E-state index in [1.165, 1.54) is 0 Å². The molecule has 0 aromatic heterocycles. The summed E-state index contributed by atoms with van der Waals surface area (Å²) in [7, 11) is 0. The van der Waals surface area contributed by atoms with Gasteiger partial charge in [-0.1, -0.05) is 49.7 Å². The van der Waals surface area contributed by atoms with Crippen molar-refractivity contribution >= 4 is 23.3 Å². The van der Waals surface area contributed by atoms with Gasteiger partial charge in [0.05, 0.1) is 17.1 Å². The van der Waals surface area contributed by atoms with Gasteiger partial charge in [0.2, 0.25) is 0 Å². The Bertz CT molecular complexity index is 562.